The van der Waals surface area contributed by atoms with Gasteiger partial charge in [-0.3, -0.25) is 0 Å². The van der Waals surface area contributed by atoms with E-state index in [9.17, 15) is 0 Å². The lowest BCUT2D eigenvalue weighted by molar-refractivity contribution is 0.495. The van der Waals surface area contributed by atoms with Crippen molar-refractivity contribution in [2.24, 2.45) is 11.5 Å². The highest BCUT2D eigenvalue weighted by Gasteiger charge is 2.25. The van der Waals surface area contributed by atoms with Gasteiger partial charge < -0.3 is 11.5 Å². The van der Waals surface area contributed by atoms with Gasteiger partial charge >= 0.3 is 0 Å². The second kappa shape index (κ2) is 4.47. The van der Waals surface area contributed by atoms with Gasteiger partial charge in [0.25, 0.3) is 0 Å². The molecule has 0 radical (unpaired) electrons. The number of hydrogen-bond acceptors (Lipinski definition) is 4. The van der Waals surface area contributed by atoms with Crippen LogP contribution in [0.5, 0.6) is 0 Å². The van der Waals surface area contributed by atoms with Gasteiger partial charge in [-0.05, 0) is 6.07 Å². The quantitative estimate of drug-likeness (QED) is 0.795. The fourth-order valence-corrected chi connectivity index (χ4v) is 1.31. The fraction of sp³-hybridized carbons (Fsp3) is 0.667. The minimum absolute atomic E-state index is 0.123. The van der Waals surface area contributed by atoms with Gasteiger partial charge in [-0.2, -0.15) is 0 Å². The summed E-state index contributed by atoms with van der Waals surface area (Å²) in [6, 6.07) is 2.01. The largest absolute Gasteiger partial charge is 0.330 e. The molecule has 0 aliphatic heterocycles. The number of nitrogens with two attached hydrogens (primary N) is 2. The number of aromatic nitrogens is 2. The minimum Gasteiger partial charge on any atom is -0.330 e. The topological polar surface area (TPSA) is 77.8 Å². The van der Waals surface area contributed by atoms with Crippen molar-refractivity contribution in [1.82, 2.24) is 9.97 Å². The Balaban J connectivity index is 3.14. The lowest BCUT2D eigenvalue weighted by atomic mass is 9.84. The zero-order valence-electron chi connectivity index (χ0n) is 10.6. The third-order valence-electron chi connectivity index (χ3n) is 3.07. The van der Waals surface area contributed by atoms with E-state index in [1.807, 2.05) is 6.07 Å². The zero-order chi connectivity index (χ0) is 12.4. The Labute approximate surface area is 97.5 Å². The molecule has 4 N–H and O–H groups in total. The summed E-state index contributed by atoms with van der Waals surface area (Å²) >= 11 is 0. The molecule has 0 aliphatic rings. The number of nitrogens with zero attached hydrogens (tertiary/aromatic N) is 2. The lowest BCUT2D eigenvalue weighted by Gasteiger charge is -2.26. The van der Waals surface area contributed by atoms with Gasteiger partial charge in [0.15, 0.2) is 0 Å². The molecule has 0 unspecified atom stereocenters. The van der Waals surface area contributed by atoms with E-state index in [0.717, 1.165) is 11.4 Å². The SMILES string of the molecule is CC(C)(CN)c1cc(C(C)(C)CN)ncn1. The summed E-state index contributed by atoms with van der Waals surface area (Å²) in [5.74, 6) is 0. The Morgan fingerprint density at radius 3 is 1.62 bits per heavy atom. The summed E-state index contributed by atoms with van der Waals surface area (Å²) in [6.07, 6.45) is 1.60. The zero-order valence-corrected chi connectivity index (χ0v) is 10.6. The summed E-state index contributed by atoms with van der Waals surface area (Å²) in [5, 5.41) is 0. The van der Waals surface area contributed by atoms with Crippen LogP contribution in [0.15, 0.2) is 12.4 Å². The predicted octanol–water partition coefficient (Wildman–Crippen LogP) is 0.949. The highest BCUT2D eigenvalue weighted by molar-refractivity contribution is 5.22. The smallest absolute Gasteiger partial charge is 0.115 e. The molecular weight excluding hydrogens is 200 g/mol. The Morgan fingerprint density at radius 2 is 1.31 bits per heavy atom. The third kappa shape index (κ3) is 2.57. The van der Waals surface area contributed by atoms with Crippen molar-refractivity contribution in [3.63, 3.8) is 0 Å². The van der Waals surface area contributed by atoms with Gasteiger partial charge in [0, 0.05) is 23.9 Å². The molecule has 1 heterocycles. The molecule has 90 valence electrons. The lowest BCUT2D eigenvalue weighted by Crippen LogP contribution is -2.32. The van der Waals surface area contributed by atoms with Crippen molar-refractivity contribution in [2.45, 2.75) is 38.5 Å². The summed E-state index contributed by atoms with van der Waals surface area (Å²) < 4.78 is 0. The maximum absolute atomic E-state index is 5.74. The Morgan fingerprint density at radius 1 is 0.938 bits per heavy atom. The van der Waals surface area contributed by atoms with Crippen LogP contribution in [0.4, 0.5) is 0 Å². The normalized spacial score (nSPS) is 12.9. The average Bonchev–Trinajstić information content (AvgIpc) is 2.29. The molecule has 0 spiro atoms. The summed E-state index contributed by atoms with van der Waals surface area (Å²) in [5.41, 5.74) is 13.2. The van der Waals surface area contributed by atoms with Crippen molar-refractivity contribution < 1.29 is 0 Å². The van der Waals surface area contributed by atoms with Crippen LogP contribution in [-0.2, 0) is 10.8 Å². The van der Waals surface area contributed by atoms with Crippen molar-refractivity contribution in [1.29, 1.82) is 0 Å². The Kier molecular flexibility index (Phi) is 3.65. The van der Waals surface area contributed by atoms with Gasteiger partial charge in [-0.1, -0.05) is 27.7 Å². The highest BCUT2D eigenvalue weighted by atomic mass is 14.9. The molecule has 0 saturated heterocycles. The van der Waals surface area contributed by atoms with Crippen LogP contribution in [0.1, 0.15) is 39.1 Å². The molecule has 4 nitrogen and oxygen atoms in total. The van der Waals surface area contributed by atoms with E-state index >= 15 is 0 Å². The van der Waals surface area contributed by atoms with Crippen LogP contribution in [0.25, 0.3) is 0 Å². The molecule has 1 aromatic rings. The molecule has 0 aromatic carbocycles. The van der Waals surface area contributed by atoms with E-state index in [1.54, 1.807) is 6.33 Å². The first kappa shape index (κ1) is 13.1. The summed E-state index contributed by atoms with van der Waals surface area (Å²) in [4.78, 5) is 8.60. The Hall–Kier alpha value is -1.00. The fourth-order valence-electron chi connectivity index (χ4n) is 1.31. The van der Waals surface area contributed by atoms with Crippen LogP contribution in [0.3, 0.4) is 0 Å². The molecular formula is C12H22N4. The first-order chi connectivity index (χ1) is 7.33. The summed E-state index contributed by atoms with van der Waals surface area (Å²) in [7, 11) is 0. The van der Waals surface area contributed by atoms with Crippen molar-refractivity contribution in [2.75, 3.05) is 13.1 Å². The van der Waals surface area contributed by atoms with Crippen LogP contribution >= 0.6 is 0 Å². The second-order valence-electron chi connectivity index (χ2n) is 5.46. The molecule has 0 fully saturated rings. The number of hydrogen-bond donors (Lipinski definition) is 2. The molecule has 0 amide bonds. The van der Waals surface area contributed by atoms with Gasteiger partial charge in [0.1, 0.15) is 6.33 Å². The van der Waals surface area contributed by atoms with Crippen molar-refractivity contribution >= 4 is 0 Å². The molecule has 0 atom stereocenters. The van der Waals surface area contributed by atoms with Gasteiger partial charge in [-0.15, -0.1) is 0 Å². The molecule has 0 bridgehead atoms. The van der Waals surface area contributed by atoms with Crippen LogP contribution in [0, 0.1) is 0 Å². The molecule has 1 rings (SSSR count). The molecule has 0 saturated carbocycles. The van der Waals surface area contributed by atoms with Crippen LogP contribution < -0.4 is 11.5 Å². The molecule has 4 heteroatoms. The van der Waals surface area contributed by atoms with E-state index in [1.165, 1.54) is 0 Å². The van der Waals surface area contributed by atoms with Crippen molar-refractivity contribution in [3.8, 4) is 0 Å². The van der Waals surface area contributed by atoms with Crippen molar-refractivity contribution in [3.05, 3.63) is 23.8 Å². The predicted molar refractivity (Wildman–Crippen MR) is 66.2 cm³/mol. The van der Waals surface area contributed by atoms with E-state index in [2.05, 4.69) is 37.7 Å². The van der Waals surface area contributed by atoms with Crippen LogP contribution in [-0.4, -0.2) is 23.1 Å². The summed E-state index contributed by atoms with van der Waals surface area (Å²) in [6.45, 7) is 9.44. The molecule has 1 aromatic heterocycles. The van der Waals surface area contributed by atoms with Gasteiger partial charge in [0.05, 0.1) is 11.4 Å². The van der Waals surface area contributed by atoms with Gasteiger partial charge in [0.2, 0.25) is 0 Å². The highest BCUT2D eigenvalue weighted by Crippen LogP contribution is 2.24. The standard InChI is InChI=1S/C12H22N4/c1-11(2,6-13)9-5-10(16-8-15-9)12(3,4)7-14/h5,8H,6-7,13-14H2,1-4H3. The molecule has 0 aliphatic carbocycles. The first-order valence-corrected chi connectivity index (χ1v) is 5.56. The Bertz CT molecular complexity index is 327. The monoisotopic (exact) mass is 222 g/mol. The molecule has 16 heavy (non-hydrogen) atoms. The maximum atomic E-state index is 5.74. The maximum Gasteiger partial charge on any atom is 0.115 e. The second-order valence-corrected chi connectivity index (χ2v) is 5.46. The minimum atomic E-state index is -0.123. The average molecular weight is 222 g/mol. The van der Waals surface area contributed by atoms with E-state index in [0.29, 0.717) is 13.1 Å². The van der Waals surface area contributed by atoms with E-state index < -0.39 is 0 Å². The first-order valence-electron chi connectivity index (χ1n) is 5.56. The van der Waals surface area contributed by atoms with E-state index in [4.69, 9.17) is 11.5 Å². The van der Waals surface area contributed by atoms with Gasteiger partial charge in [-0.25, -0.2) is 9.97 Å². The van der Waals surface area contributed by atoms with E-state index in [-0.39, 0.29) is 10.8 Å². The third-order valence-corrected chi connectivity index (χ3v) is 3.07. The number of rotatable bonds is 4. The van der Waals surface area contributed by atoms with Crippen LogP contribution in [0.2, 0.25) is 0 Å².